The van der Waals surface area contributed by atoms with Crippen LogP contribution in [0.2, 0.25) is 0 Å². The number of aliphatic imine (C=N–C) groups is 1. The molecule has 0 aliphatic rings. The third kappa shape index (κ3) is 4.93. The molecule has 2 N–H and O–H groups in total. The first kappa shape index (κ1) is 20.1. The molecule has 3 rings (SSSR count). The molecule has 0 aliphatic heterocycles. The summed E-state index contributed by atoms with van der Waals surface area (Å²) < 4.78 is 7.27. The molecule has 0 spiro atoms. The van der Waals surface area contributed by atoms with E-state index in [0.29, 0.717) is 25.0 Å². The van der Waals surface area contributed by atoms with E-state index in [0.717, 1.165) is 29.5 Å². The fourth-order valence-electron chi connectivity index (χ4n) is 2.35. The highest BCUT2D eigenvalue weighted by atomic mass is 127. The lowest BCUT2D eigenvalue weighted by Gasteiger charge is -2.09. The van der Waals surface area contributed by atoms with Crippen LogP contribution < -0.4 is 10.6 Å². The third-order valence-electron chi connectivity index (χ3n) is 3.71. The number of nitrogens with zero attached hydrogens (tertiary/aromatic N) is 5. The first-order valence-corrected chi connectivity index (χ1v) is 8.43. The maximum absolute atomic E-state index is 5.34. The molecule has 26 heavy (non-hydrogen) atoms. The maximum atomic E-state index is 5.34. The van der Waals surface area contributed by atoms with Crippen LogP contribution in [0.3, 0.4) is 0 Å². The van der Waals surface area contributed by atoms with Crippen LogP contribution in [0.25, 0.3) is 5.65 Å². The van der Waals surface area contributed by atoms with Gasteiger partial charge in [-0.1, -0.05) is 25.1 Å². The van der Waals surface area contributed by atoms with Gasteiger partial charge in [-0.2, -0.15) is 0 Å². The van der Waals surface area contributed by atoms with E-state index in [1.807, 2.05) is 41.8 Å². The lowest BCUT2D eigenvalue weighted by atomic mass is 10.1. The summed E-state index contributed by atoms with van der Waals surface area (Å²) in [5, 5.41) is 18.8. The molecule has 3 heterocycles. The Morgan fingerprint density at radius 2 is 2.12 bits per heavy atom. The molecule has 0 saturated carbocycles. The maximum Gasteiger partial charge on any atom is 0.192 e. The van der Waals surface area contributed by atoms with Gasteiger partial charge in [0.25, 0.3) is 0 Å². The highest BCUT2D eigenvalue weighted by molar-refractivity contribution is 14.0. The summed E-state index contributed by atoms with van der Waals surface area (Å²) in [5.74, 6) is 2.61. The highest BCUT2D eigenvalue weighted by Gasteiger charge is 2.09. The van der Waals surface area contributed by atoms with Crippen LogP contribution in [-0.4, -0.2) is 32.3 Å². The van der Waals surface area contributed by atoms with Crippen LogP contribution in [0.5, 0.6) is 0 Å². The van der Waals surface area contributed by atoms with Gasteiger partial charge >= 0.3 is 0 Å². The van der Waals surface area contributed by atoms with Gasteiger partial charge in [-0.25, -0.2) is 4.99 Å². The number of fused-ring (bicyclic) bond motifs is 1. The Morgan fingerprint density at radius 3 is 2.85 bits per heavy atom. The van der Waals surface area contributed by atoms with Crippen molar-refractivity contribution < 1.29 is 4.52 Å². The summed E-state index contributed by atoms with van der Waals surface area (Å²) in [7, 11) is 0. The van der Waals surface area contributed by atoms with E-state index >= 15 is 0 Å². The molecule has 0 amide bonds. The van der Waals surface area contributed by atoms with Crippen molar-refractivity contribution in [3.8, 4) is 0 Å². The molecule has 3 aromatic heterocycles. The second-order valence-electron chi connectivity index (χ2n) is 5.97. The lowest BCUT2D eigenvalue weighted by molar-refractivity contribution is 0.372. The van der Waals surface area contributed by atoms with Gasteiger partial charge in [0.2, 0.25) is 0 Å². The zero-order valence-corrected chi connectivity index (χ0v) is 17.5. The van der Waals surface area contributed by atoms with Gasteiger partial charge in [-0.15, -0.1) is 34.2 Å². The van der Waals surface area contributed by atoms with Crippen molar-refractivity contribution in [3.63, 3.8) is 0 Å². The van der Waals surface area contributed by atoms with Gasteiger partial charge in [0.1, 0.15) is 6.54 Å². The van der Waals surface area contributed by atoms with Crippen molar-refractivity contribution in [2.75, 3.05) is 6.54 Å². The van der Waals surface area contributed by atoms with Gasteiger partial charge in [-0.3, -0.25) is 4.40 Å². The fraction of sp³-hybridized carbons (Fsp3) is 0.412. The van der Waals surface area contributed by atoms with Crippen molar-refractivity contribution >= 4 is 35.6 Å². The predicted molar refractivity (Wildman–Crippen MR) is 111 cm³/mol. The monoisotopic (exact) mass is 469 g/mol. The molecule has 0 aromatic carbocycles. The van der Waals surface area contributed by atoms with E-state index in [9.17, 15) is 0 Å². The Bertz CT molecular complexity index is 856. The van der Waals surface area contributed by atoms with Gasteiger partial charge in [0.15, 0.2) is 23.2 Å². The Labute approximate surface area is 169 Å². The molecular formula is C17H24IN7O. The molecule has 0 aliphatic carbocycles. The van der Waals surface area contributed by atoms with Crippen LogP contribution in [0.4, 0.5) is 0 Å². The number of nitrogens with one attached hydrogen (secondary N) is 2. The Morgan fingerprint density at radius 1 is 1.27 bits per heavy atom. The number of halogens is 1. The summed E-state index contributed by atoms with van der Waals surface area (Å²) in [6, 6.07) is 7.77. The van der Waals surface area contributed by atoms with E-state index in [2.05, 4.69) is 44.8 Å². The first-order valence-electron chi connectivity index (χ1n) is 8.43. The zero-order chi connectivity index (χ0) is 17.6. The Hall–Kier alpha value is -2.17. The summed E-state index contributed by atoms with van der Waals surface area (Å²) in [5.41, 5.74) is 1.77. The van der Waals surface area contributed by atoms with Gasteiger partial charge in [-0.05, 0) is 25.0 Å². The first-order chi connectivity index (χ1) is 12.2. The Balaban J connectivity index is 0.00000243. The van der Waals surface area contributed by atoms with Crippen LogP contribution in [-0.2, 0) is 13.1 Å². The highest BCUT2D eigenvalue weighted by Crippen LogP contribution is 2.13. The van der Waals surface area contributed by atoms with Crippen LogP contribution >= 0.6 is 24.0 Å². The summed E-state index contributed by atoms with van der Waals surface area (Å²) in [6.45, 7) is 7.91. The molecule has 0 fully saturated rings. The largest absolute Gasteiger partial charge is 0.359 e. The van der Waals surface area contributed by atoms with E-state index in [4.69, 9.17) is 4.52 Å². The second-order valence-corrected chi connectivity index (χ2v) is 5.97. The van der Waals surface area contributed by atoms with E-state index in [1.165, 1.54) is 0 Å². The Kier molecular flexibility index (Phi) is 7.37. The third-order valence-corrected chi connectivity index (χ3v) is 3.71. The molecule has 0 saturated heterocycles. The molecule has 0 atom stereocenters. The molecule has 0 unspecified atom stereocenters. The molecule has 0 bridgehead atoms. The number of hydrogen-bond acceptors (Lipinski definition) is 5. The van der Waals surface area contributed by atoms with Crippen molar-refractivity contribution in [1.29, 1.82) is 0 Å². The van der Waals surface area contributed by atoms with E-state index in [1.54, 1.807) is 0 Å². The predicted octanol–water partition coefficient (Wildman–Crippen LogP) is 2.71. The fourth-order valence-corrected chi connectivity index (χ4v) is 2.35. The zero-order valence-electron chi connectivity index (χ0n) is 15.1. The SMILES string of the molecule is CCNC(=NCc1nnc2ccccn12)NCc1cc(C(C)C)no1.I. The molecule has 140 valence electrons. The number of pyridine rings is 1. The summed E-state index contributed by atoms with van der Waals surface area (Å²) in [4.78, 5) is 4.57. The van der Waals surface area contributed by atoms with Gasteiger partial charge < -0.3 is 15.2 Å². The van der Waals surface area contributed by atoms with Crippen molar-refractivity contribution in [2.45, 2.75) is 39.8 Å². The number of aromatic nitrogens is 4. The minimum absolute atomic E-state index is 0. The molecule has 0 radical (unpaired) electrons. The summed E-state index contributed by atoms with van der Waals surface area (Å²) in [6.07, 6.45) is 1.93. The van der Waals surface area contributed by atoms with Crippen LogP contribution in [0.1, 0.15) is 44.0 Å². The average Bonchev–Trinajstić information content (AvgIpc) is 3.24. The van der Waals surface area contributed by atoms with Crippen molar-refractivity contribution in [2.24, 2.45) is 4.99 Å². The number of rotatable bonds is 6. The molecule has 9 heteroatoms. The normalized spacial score (nSPS) is 11.6. The minimum atomic E-state index is 0. The number of guanidine groups is 1. The quantitative estimate of drug-likeness (QED) is 0.328. The molecule has 8 nitrogen and oxygen atoms in total. The standard InChI is InChI=1S/C17H23N7O.HI/c1-4-18-17(19-10-13-9-14(12(2)3)23-25-13)20-11-16-22-21-15-7-5-6-8-24(15)16;/h5-9,12H,4,10-11H2,1-3H3,(H2,18,19,20);1H. The van der Waals surface area contributed by atoms with Crippen LogP contribution in [0, 0.1) is 0 Å². The average molecular weight is 469 g/mol. The van der Waals surface area contributed by atoms with Gasteiger partial charge in [0, 0.05) is 18.8 Å². The van der Waals surface area contributed by atoms with Crippen molar-refractivity contribution in [1.82, 2.24) is 30.4 Å². The second kappa shape index (κ2) is 9.51. The summed E-state index contributed by atoms with van der Waals surface area (Å²) >= 11 is 0. The lowest BCUT2D eigenvalue weighted by Crippen LogP contribution is -2.36. The van der Waals surface area contributed by atoms with Crippen molar-refractivity contribution in [3.05, 3.63) is 47.7 Å². The van der Waals surface area contributed by atoms with E-state index < -0.39 is 0 Å². The van der Waals surface area contributed by atoms with Crippen LogP contribution in [0.15, 0.2) is 40.0 Å². The minimum Gasteiger partial charge on any atom is -0.359 e. The smallest absolute Gasteiger partial charge is 0.192 e. The van der Waals surface area contributed by atoms with Gasteiger partial charge in [0.05, 0.1) is 12.2 Å². The topological polar surface area (TPSA) is 92.6 Å². The molecule has 3 aromatic rings. The molecular weight excluding hydrogens is 445 g/mol. The van der Waals surface area contributed by atoms with E-state index in [-0.39, 0.29) is 24.0 Å². The number of hydrogen-bond donors (Lipinski definition) is 2.